The summed E-state index contributed by atoms with van der Waals surface area (Å²) in [4.78, 5) is 2.29. The van der Waals surface area contributed by atoms with Crippen molar-refractivity contribution >= 4 is 5.69 Å². The third-order valence-electron chi connectivity index (χ3n) is 4.41. The molecule has 1 unspecified atom stereocenters. The lowest BCUT2D eigenvalue weighted by Crippen LogP contribution is -2.39. The Labute approximate surface area is 126 Å². The van der Waals surface area contributed by atoms with Gasteiger partial charge in [0.25, 0.3) is 0 Å². The maximum Gasteiger partial charge on any atom is 0.101 e. The van der Waals surface area contributed by atoms with Crippen molar-refractivity contribution in [3.05, 3.63) is 29.3 Å². The molecule has 1 aliphatic carbocycles. The molecule has 2 fully saturated rings. The molecule has 1 N–H and O–H groups in total. The molecule has 0 amide bonds. The van der Waals surface area contributed by atoms with Crippen LogP contribution in [0, 0.1) is 11.3 Å². The Kier molecular flexibility index (Phi) is 4.42. The molecule has 0 aromatic heterocycles. The van der Waals surface area contributed by atoms with Crippen LogP contribution in [0.3, 0.4) is 0 Å². The number of hydrogen-bond acceptors (Lipinski definition) is 4. The zero-order chi connectivity index (χ0) is 14.7. The van der Waals surface area contributed by atoms with Gasteiger partial charge in [-0.15, -0.1) is 0 Å². The summed E-state index contributed by atoms with van der Waals surface area (Å²) in [6.07, 6.45) is 5.08. The van der Waals surface area contributed by atoms with Gasteiger partial charge in [0.2, 0.25) is 0 Å². The highest BCUT2D eigenvalue weighted by molar-refractivity contribution is 5.60. The van der Waals surface area contributed by atoms with Crippen LogP contribution in [-0.4, -0.2) is 32.3 Å². The van der Waals surface area contributed by atoms with Crippen LogP contribution in [0.4, 0.5) is 5.69 Å². The van der Waals surface area contributed by atoms with Crippen molar-refractivity contribution in [3.8, 4) is 6.07 Å². The largest absolute Gasteiger partial charge is 0.380 e. The van der Waals surface area contributed by atoms with Gasteiger partial charge in [-0.2, -0.15) is 5.26 Å². The summed E-state index contributed by atoms with van der Waals surface area (Å²) in [6, 6.07) is 9.32. The van der Waals surface area contributed by atoms with Gasteiger partial charge in [0.15, 0.2) is 0 Å². The second-order valence-electron chi connectivity index (χ2n) is 6.06. The van der Waals surface area contributed by atoms with Gasteiger partial charge in [0, 0.05) is 32.8 Å². The lowest BCUT2D eigenvalue weighted by molar-refractivity contribution is 0.0893. The van der Waals surface area contributed by atoms with E-state index in [1.165, 1.54) is 18.4 Å². The van der Waals surface area contributed by atoms with Crippen molar-refractivity contribution in [2.45, 2.75) is 44.4 Å². The summed E-state index contributed by atoms with van der Waals surface area (Å²) in [6.45, 7) is 2.75. The minimum absolute atomic E-state index is 0.279. The van der Waals surface area contributed by atoms with Gasteiger partial charge in [0.1, 0.15) is 6.07 Å². The van der Waals surface area contributed by atoms with Gasteiger partial charge in [-0.1, -0.05) is 6.07 Å². The molecule has 2 aliphatic rings. The number of anilines is 1. The van der Waals surface area contributed by atoms with Crippen LogP contribution in [0.1, 0.15) is 36.8 Å². The Balaban J connectivity index is 1.73. The number of benzene rings is 1. The molecule has 1 atom stereocenters. The lowest BCUT2D eigenvalue weighted by atomic mass is 10.0. The van der Waals surface area contributed by atoms with E-state index in [9.17, 15) is 5.26 Å². The molecular weight excluding hydrogens is 262 g/mol. The van der Waals surface area contributed by atoms with Gasteiger partial charge in [-0.05, 0) is 43.4 Å². The summed E-state index contributed by atoms with van der Waals surface area (Å²) in [7, 11) is 1.77. The minimum Gasteiger partial charge on any atom is -0.380 e. The van der Waals surface area contributed by atoms with E-state index in [0.717, 1.165) is 43.7 Å². The Hall–Kier alpha value is -1.57. The van der Waals surface area contributed by atoms with E-state index >= 15 is 0 Å². The normalized spacial score (nSPS) is 22.1. The van der Waals surface area contributed by atoms with Gasteiger partial charge in [-0.25, -0.2) is 0 Å². The highest BCUT2D eigenvalue weighted by Gasteiger charge is 2.22. The number of methoxy groups -OCH3 is 1. The van der Waals surface area contributed by atoms with Crippen LogP contribution >= 0.6 is 0 Å². The number of hydrogen-bond donors (Lipinski definition) is 1. The van der Waals surface area contributed by atoms with Crippen molar-refractivity contribution in [2.75, 3.05) is 25.1 Å². The molecule has 0 bridgehead atoms. The van der Waals surface area contributed by atoms with E-state index < -0.39 is 0 Å². The molecule has 112 valence electrons. The number of ether oxygens (including phenoxy) is 1. The predicted molar refractivity (Wildman–Crippen MR) is 83.3 cm³/mol. The summed E-state index contributed by atoms with van der Waals surface area (Å²) >= 11 is 0. The fourth-order valence-corrected chi connectivity index (χ4v) is 2.96. The lowest BCUT2D eigenvalue weighted by Gasteiger charge is -2.34. The summed E-state index contributed by atoms with van der Waals surface area (Å²) < 4.78 is 5.48. The van der Waals surface area contributed by atoms with Crippen molar-refractivity contribution in [1.29, 1.82) is 5.26 Å². The van der Waals surface area contributed by atoms with Crippen molar-refractivity contribution in [2.24, 2.45) is 0 Å². The minimum atomic E-state index is 0.279. The summed E-state index contributed by atoms with van der Waals surface area (Å²) in [5, 5.41) is 13.0. The molecule has 21 heavy (non-hydrogen) atoms. The average Bonchev–Trinajstić information content (AvgIpc) is 3.37. The third kappa shape index (κ3) is 3.55. The topological polar surface area (TPSA) is 48.3 Å². The molecule has 1 heterocycles. The molecule has 0 spiro atoms. The molecule has 1 saturated heterocycles. The standard InChI is InChI=1S/C17H23N3O/c1-21-16-3-2-8-20(12-16)17-7-4-13(9-14(17)10-18)11-19-15-5-6-15/h4,7,9,15-16,19H,2-3,5-6,8,11-12H2,1H3. The quantitative estimate of drug-likeness (QED) is 0.902. The van der Waals surface area contributed by atoms with Crippen LogP contribution in [0.5, 0.6) is 0 Å². The monoisotopic (exact) mass is 285 g/mol. The second kappa shape index (κ2) is 6.46. The third-order valence-corrected chi connectivity index (χ3v) is 4.41. The second-order valence-corrected chi connectivity index (χ2v) is 6.06. The van der Waals surface area contributed by atoms with E-state index in [1.54, 1.807) is 7.11 Å². The van der Waals surface area contributed by atoms with Crippen LogP contribution in [0.15, 0.2) is 18.2 Å². The van der Waals surface area contributed by atoms with Crippen LogP contribution in [-0.2, 0) is 11.3 Å². The Morgan fingerprint density at radius 2 is 2.24 bits per heavy atom. The first-order chi connectivity index (χ1) is 10.3. The zero-order valence-electron chi connectivity index (χ0n) is 12.6. The Morgan fingerprint density at radius 1 is 1.38 bits per heavy atom. The smallest absolute Gasteiger partial charge is 0.101 e. The average molecular weight is 285 g/mol. The molecule has 1 aromatic rings. The molecular formula is C17H23N3O. The Morgan fingerprint density at radius 3 is 2.95 bits per heavy atom. The van der Waals surface area contributed by atoms with E-state index in [0.29, 0.717) is 6.04 Å². The van der Waals surface area contributed by atoms with Gasteiger partial charge < -0.3 is 15.0 Å². The highest BCUT2D eigenvalue weighted by Crippen LogP contribution is 2.26. The number of nitrogens with one attached hydrogen (secondary N) is 1. The molecule has 4 nitrogen and oxygen atoms in total. The fourth-order valence-electron chi connectivity index (χ4n) is 2.96. The Bertz CT molecular complexity index is 533. The summed E-state index contributed by atoms with van der Waals surface area (Å²) in [5.74, 6) is 0. The number of piperidine rings is 1. The van der Waals surface area contributed by atoms with Crippen molar-refractivity contribution in [3.63, 3.8) is 0 Å². The maximum atomic E-state index is 9.46. The highest BCUT2D eigenvalue weighted by atomic mass is 16.5. The van der Waals surface area contributed by atoms with Crippen LogP contribution in [0.25, 0.3) is 0 Å². The number of rotatable bonds is 5. The predicted octanol–water partition coefficient (Wildman–Crippen LogP) is 2.43. The number of nitriles is 1. The number of nitrogens with zero attached hydrogens (tertiary/aromatic N) is 2. The zero-order valence-corrected chi connectivity index (χ0v) is 12.6. The van der Waals surface area contributed by atoms with Gasteiger partial charge in [-0.3, -0.25) is 0 Å². The van der Waals surface area contributed by atoms with Crippen molar-refractivity contribution < 1.29 is 4.74 Å². The molecule has 4 heteroatoms. The summed E-state index contributed by atoms with van der Waals surface area (Å²) in [5.41, 5.74) is 3.03. The van der Waals surface area contributed by atoms with E-state index in [4.69, 9.17) is 4.74 Å². The van der Waals surface area contributed by atoms with Gasteiger partial charge >= 0.3 is 0 Å². The van der Waals surface area contributed by atoms with Crippen LogP contribution < -0.4 is 10.2 Å². The molecule has 0 radical (unpaired) electrons. The molecule has 1 saturated carbocycles. The van der Waals surface area contributed by atoms with Crippen molar-refractivity contribution in [1.82, 2.24) is 5.32 Å². The van der Waals surface area contributed by atoms with E-state index in [-0.39, 0.29) is 6.10 Å². The maximum absolute atomic E-state index is 9.46. The molecule has 1 aromatic carbocycles. The first-order valence-corrected chi connectivity index (χ1v) is 7.84. The SMILES string of the molecule is COC1CCCN(c2ccc(CNC3CC3)cc2C#N)C1. The first kappa shape index (κ1) is 14.4. The van der Waals surface area contributed by atoms with Crippen LogP contribution in [0.2, 0.25) is 0 Å². The first-order valence-electron chi connectivity index (χ1n) is 7.84. The van der Waals surface area contributed by atoms with E-state index in [1.807, 2.05) is 6.07 Å². The van der Waals surface area contributed by atoms with E-state index in [2.05, 4.69) is 28.4 Å². The fraction of sp³-hybridized carbons (Fsp3) is 0.588. The van der Waals surface area contributed by atoms with Gasteiger partial charge in [0.05, 0.1) is 17.4 Å². The molecule has 3 rings (SSSR count). The molecule has 1 aliphatic heterocycles.